The van der Waals surface area contributed by atoms with E-state index in [1.165, 1.54) is 16.9 Å². The van der Waals surface area contributed by atoms with Crippen LogP contribution in [-0.2, 0) is 11.5 Å². The number of benzene rings is 2. The second-order valence-electron chi connectivity index (χ2n) is 5.90. The van der Waals surface area contributed by atoms with Crippen molar-refractivity contribution in [3.05, 3.63) is 69.7 Å². The molecule has 2 aromatic carbocycles. The van der Waals surface area contributed by atoms with E-state index in [1.807, 2.05) is 49.4 Å². The molecule has 5 nitrogen and oxygen atoms in total. The van der Waals surface area contributed by atoms with Gasteiger partial charge in [0.1, 0.15) is 9.38 Å². The van der Waals surface area contributed by atoms with Crippen LogP contribution < -0.4 is 5.32 Å². The summed E-state index contributed by atoms with van der Waals surface area (Å²) in [7, 11) is 0. The summed E-state index contributed by atoms with van der Waals surface area (Å²) in [5.41, 5.74) is 4.20. The van der Waals surface area contributed by atoms with Gasteiger partial charge in [0.2, 0.25) is 5.01 Å². The Kier molecular flexibility index (Phi) is 5.56. The predicted molar refractivity (Wildman–Crippen MR) is 115 cm³/mol. The van der Waals surface area contributed by atoms with Crippen molar-refractivity contribution in [1.82, 2.24) is 10.2 Å². The molecule has 1 N–H and O–H groups in total. The van der Waals surface area contributed by atoms with Crippen LogP contribution in [0.5, 0.6) is 0 Å². The molecule has 1 aliphatic heterocycles. The highest BCUT2D eigenvalue weighted by Crippen LogP contribution is 2.35. The molecule has 0 saturated carbocycles. The summed E-state index contributed by atoms with van der Waals surface area (Å²) in [6.07, 6.45) is 0. The first-order valence-electron chi connectivity index (χ1n) is 8.30. The minimum atomic E-state index is -0.231. The van der Waals surface area contributed by atoms with Crippen molar-refractivity contribution in [2.75, 3.05) is 5.32 Å². The van der Waals surface area contributed by atoms with Crippen LogP contribution in [-0.4, -0.2) is 20.5 Å². The van der Waals surface area contributed by atoms with Gasteiger partial charge >= 0.3 is 0 Å². The number of carbonyl (C=O) groups is 1. The summed E-state index contributed by atoms with van der Waals surface area (Å²) in [4.78, 5) is 17.0. The summed E-state index contributed by atoms with van der Waals surface area (Å²) in [6.45, 7) is 2.01. The molecule has 0 bridgehead atoms. The fraction of sp³-hybridized carbons (Fsp3) is 0.158. The average molecular weight is 413 g/mol. The number of aliphatic imine (C=N–C) groups is 1. The van der Waals surface area contributed by atoms with E-state index in [0.29, 0.717) is 10.8 Å². The molecule has 2 heterocycles. The van der Waals surface area contributed by atoms with E-state index in [2.05, 4.69) is 26.6 Å². The van der Waals surface area contributed by atoms with Crippen LogP contribution in [0.15, 0.2) is 53.5 Å². The first-order valence-corrected chi connectivity index (χ1v) is 11.1. The number of hydrogen-bond acceptors (Lipinski definition) is 7. The van der Waals surface area contributed by atoms with E-state index in [0.717, 1.165) is 32.1 Å². The third-order valence-electron chi connectivity index (χ3n) is 3.84. The highest BCUT2D eigenvalue weighted by atomic mass is 32.2. The van der Waals surface area contributed by atoms with Gasteiger partial charge in [-0.1, -0.05) is 70.8 Å². The highest BCUT2D eigenvalue weighted by Gasteiger charge is 2.16. The van der Waals surface area contributed by atoms with Gasteiger partial charge in [-0.2, -0.15) is 0 Å². The van der Waals surface area contributed by atoms with Gasteiger partial charge in [0, 0.05) is 11.4 Å². The normalized spacial score (nSPS) is 13.0. The SMILES string of the molecule is Cc1ccc(NC(=O)c2nnc(CSC3=Nc4ccccc4CS3)s2)cc1. The fourth-order valence-corrected chi connectivity index (χ4v) is 5.22. The molecular weight excluding hydrogens is 396 g/mol. The fourth-order valence-electron chi connectivity index (χ4n) is 2.43. The summed E-state index contributed by atoms with van der Waals surface area (Å²) in [5, 5.41) is 12.2. The van der Waals surface area contributed by atoms with Gasteiger partial charge in [0.15, 0.2) is 0 Å². The maximum Gasteiger partial charge on any atom is 0.286 e. The van der Waals surface area contributed by atoms with Crippen LogP contribution in [0, 0.1) is 6.92 Å². The lowest BCUT2D eigenvalue weighted by Gasteiger charge is -2.13. The van der Waals surface area contributed by atoms with E-state index >= 15 is 0 Å². The van der Waals surface area contributed by atoms with Crippen LogP contribution >= 0.6 is 34.9 Å². The number of fused-ring (bicyclic) bond motifs is 1. The molecule has 1 aliphatic rings. The zero-order valence-corrected chi connectivity index (χ0v) is 17.0. The zero-order chi connectivity index (χ0) is 18.6. The van der Waals surface area contributed by atoms with Crippen molar-refractivity contribution >= 4 is 56.5 Å². The lowest BCUT2D eigenvalue weighted by molar-refractivity contribution is 0.102. The third-order valence-corrected chi connectivity index (χ3v) is 7.21. The quantitative estimate of drug-likeness (QED) is 0.632. The van der Waals surface area contributed by atoms with Crippen LogP contribution in [0.4, 0.5) is 11.4 Å². The Morgan fingerprint density at radius 3 is 2.81 bits per heavy atom. The van der Waals surface area contributed by atoms with Gasteiger partial charge in [-0.25, -0.2) is 4.99 Å². The maximum absolute atomic E-state index is 12.3. The standard InChI is InChI=1S/C19H16N4OS3/c1-12-6-8-14(9-7-12)20-17(24)18-23-22-16(27-18)11-26-19-21-15-5-3-2-4-13(15)10-25-19/h2-9H,10-11H2,1H3,(H,20,24). The molecule has 0 unspecified atom stereocenters. The lowest BCUT2D eigenvalue weighted by Crippen LogP contribution is -2.11. The Morgan fingerprint density at radius 2 is 1.96 bits per heavy atom. The Morgan fingerprint density at radius 1 is 1.15 bits per heavy atom. The second-order valence-corrected chi connectivity index (χ2v) is 9.15. The number of para-hydroxylation sites is 1. The molecular formula is C19H16N4OS3. The van der Waals surface area contributed by atoms with Gasteiger partial charge in [0.25, 0.3) is 5.91 Å². The number of anilines is 1. The lowest BCUT2D eigenvalue weighted by atomic mass is 10.2. The third kappa shape index (κ3) is 4.58. The number of aromatic nitrogens is 2. The molecule has 0 radical (unpaired) electrons. The number of nitrogens with zero attached hydrogens (tertiary/aromatic N) is 3. The van der Waals surface area contributed by atoms with E-state index in [4.69, 9.17) is 0 Å². The minimum Gasteiger partial charge on any atom is -0.320 e. The van der Waals surface area contributed by atoms with Crippen molar-refractivity contribution in [1.29, 1.82) is 0 Å². The number of nitrogens with one attached hydrogen (secondary N) is 1. The second kappa shape index (κ2) is 8.24. The number of amides is 1. The molecule has 8 heteroatoms. The Balaban J connectivity index is 1.36. The van der Waals surface area contributed by atoms with E-state index in [9.17, 15) is 4.79 Å². The molecule has 136 valence electrons. The number of carbonyl (C=O) groups excluding carboxylic acids is 1. The monoisotopic (exact) mass is 412 g/mol. The largest absolute Gasteiger partial charge is 0.320 e. The smallest absolute Gasteiger partial charge is 0.286 e. The number of rotatable bonds is 4. The zero-order valence-electron chi connectivity index (χ0n) is 14.5. The first kappa shape index (κ1) is 18.2. The van der Waals surface area contributed by atoms with Crippen molar-refractivity contribution in [3.63, 3.8) is 0 Å². The van der Waals surface area contributed by atoms with Gasteiger partial charge < -0.3 is 5.32 Å². The topological polar surface area (TPSA) is 67.2 Å². The Bertz CT molecular complexity index is 998. The first-order chi connectivity index (χ1) is 13.2. The predicted octanol–water partition coefficient (Wildman–Crippen LogP) is 5.27. The van der Waals surface area contributed by atoms with Gasteiger partial charge in [-0.3, -0.25) is 4.79 Å². The molecule has 1 amide bonds. The Labute approximate surface area is 169 Å². The van der Waals surface area contributed by atoms with Crippen molar-refractivity contribution in [2.24, 2.45) is 4.99 Å². The van der Waals surface area contributed by atoms with E-state index < -0.39 is 0 Å². The van der Waals surface area contributed by atoms with E-state index in [1.54, 1.807) is 23.5 Å². The number of hydrogen-bond donors (Lipinski definition) is 1. The van der Waals surface area contributed by atoms with Gasteiger partial charge in [-0.15, -0.1) is 10.2 Å². The number of thioether (sulfide) groups is 2. The molecule has 0 saturated heterocycles. The van der Waals surface area contributed by atoms with Crippen molar-refractivity contribution in [2.45, 2.75) is 18.4 Å². The maximum atomic E-state index is 12.3. The molecule has 4 rings (SSSR count). The molecule has 1 aromatic heterocycles. The van der Waals surface area contributed by atoms with Gasteiger partial charge in [-0.05, 0) is 30.7 Å². The summed E-state index contributed by atoms with van der Waals surface area (Å²) in [6, 6.07) is 15.9. The molecule has 0 aliphatic carbocycles. The van der Waals surface area contributed by atoms with Crippen LogP contribution in [0.25, 0.3) is 0 Å². The van der Waals surface area contributed by atoms with Crippen molar-refractivity contribution in [3.8, 4) is 0 Å². The minimum absolute atomic E-state index is 0.231. The molecule has 0 spiro atoms. The van der Waals surface area contributed by atoms with Crippen LogP contribution in [0.3, 0.4) is 0 Å². The summed E-state index contributed by atoms with van der Waals surface area (Å²) < 4.78 is 1.02. The average Bonchev–Trinajstić information content (AvgIpc) is 3.17. The summed E-state index contributed by atoms with van der Waals surface area (Å²) in [5.74, 6) is 1.36. The van der Waals surface area contributed by atoms with Gasteiger partial charge in [0.05, 0.1) is 11.4 Å². The number of aryl methyl sites for hydroxylation is 1. The van der Waals surface area contributed by atoms with Crippen LogP contribution in [0.2, 0.25) is 0 Å². The molecule has 3 aromatic rings. The van der Waals surface area contributed by atoms with Crippen molar-refractivity contribution < 1.29 is 4.79 Å². The summed E-state index contributed by atoms with van der Waals surface area (Å²) >= 11 is 4.68. The highest BCUT2D eigenvalue weighted by molar-refractivity contribution is 8.38. The molecule has 0 fully saturated rings. The molecule has 27 heavy (non-hydrogen) atoms. The Hall–Kier alpha value is -2.16. The van der Waals surface area contributed by atoms with Crippen LogP contribution in [0.1, 0.15) is 25.9 Å². The van der Waals surface area contributed by atoms with E-state index in [-0.39, 0.29) is 5.91 Å². The molecule has 0 atom stereocenters.